The van der Waals surface area contributed by atoms with Crippen LogP contribution in [0.2, 0.25) is 8.67 Å². The fraction of sp³-hybridized carbons (Fsp3) is 0.444. The number of Topliss-reactive ketones (excluding diaryl/α,β-unsaturated/α-hetero) is 1. The van der Waals surface area contributed by atoms with E-state index in [-0.39, 0.29) is 11.0 Å². The van der Waals surface area contributed by atoms with Gasteiger partial charge in [0.15, 0.2) is 5.78 Å². The molecule has 1 aliphatic rings. The highest BCUT2D eigenvalue weighted by Crippen LogP contribution is 2.36. The summed E-state index contributed by atoms with van der Waals surface area (Å²) in [5.41, 5.74) is 0.598. The molecule has 0 amide bonds. The van der Waals surface area contributed by atoms with Gasteiger partial charge in [-0.05, 0) is 24.7 Å². The summed E-state index contributed by atoms with van der Waals surface area (Å²) in [5, 5.41) is 0.0955. The number of ketones is 1. The van der Waals surface area contributed by atoms with Crippen LogP contribution in [0.25, 0.3) is 0 Å². The van der Waals surface area contributed by atoms with Crippen molar-refractivity contribution in [1.29, 1.82) is 0 Å². The molecule has 0 bridgehead atoms. The molecule has 14 heavy (non-hydrogen) atoms. The van der Waals surface area contributed by atoms with Gasteiger partial charge < -0.3 is 0 Å². The lowest BCUT2D eigenvalue weighted by atomic mass is 10.1. The van der Waals surface area contributed by atoms with Crippen LogP contribution in [0, 0.1) is 0 Å². The quantitative estimate of drug-likeness (QED) is 0.749. The van der Waals surface area contributed by atoms with Gasteiger partial charge in [0, 0.05) is 5.56 Å². The van der Waals surface area contributed by atoms with E-state index in [0.717, 1.165) is 18.6 Å². The van der Waals surface area contributed by atoms with E-state index >= 15 is 0 Å². The molecule has 2 rings (SSSR count). The van der Waals surface area contributed by atoms with Crippen molar-refractivity contribution in [3.05, 3.63) is 20.3 Å². The minimum Gasteiger partial charge on any atom is -0.293 e. The Morgan fingerprint density at radius 1 is 1.50 bits per heavy atom. The Morgan fingerprint density at radius 3 is 2.79 bits per heavy atom. The smallest absolute Gasteiger partial charge is 0.178 e. The minimum absolute atomic E-state index is 0.0955. The predicted octanol–water partition coefficient (Wildman–Crippen LogP) is 4.13. The lowest BCUT2D eigenvalue weighted by molar-refractivity contribution is 0.0989. The van der Waals surface area contributed by atoms with Gasteiger partial charge in [0.1, 0.15) is 4.34 Å². The number of hydrogen-bond acceptors (Lipinski definition) is 3. The van der Waals surface area contributed by atoms with E-state index in [9.17, 15) is 4.79 Å². The van der Waals surface area contributed by atoms with Crippen molar-refractivity contribution >= 4 is 52.1 Å². The number of carbonyl (C=O) groups is 1. The molecule has 1 atom stereocenters. The van der Waals surface area contributed by atoms with E-state index in [1.807, 2.05) is 0 Å². The summed E-state index contributed by atoms with van der Waals surface area (Å²) in [6.45, 7) is 0. The van der Waals surface area contributed by atoms with Crippen LogP contribution < -0.4 is 0 Å². The van der Waals surface area contributed by atoms with E-state index < -0.39 is 0 Å². The Bertz CT molecular complexity index is 356. The molecule has 76 valence electrons. The van der Waals surface area contributed by atoms with Gasteiger partial charge in [-0.25, -0.2) is 0 Å². The van der Waals surface area contributed by atoms with Crippen molar-refractivity contribution in [2.45, 2.75) is 18.1 Å². The molecule has 1 aliphatic heterocycles. The Labute approximate surface area is 101 Å². The largest absolute Gasteiger partial charge is 0.293 e. The first kappa shape index (κ1) is 10.8. The highest BCUT2D eigenvalue weighted by molar-refractivity contribution is 8.00. The second-order valence-electron chi connectivity index (χ2n) is 3.10. The molecule has 0 spiro atoms. The van der Waals surface area contributed by atoms with Crippen molar-refractivity contribution in [2.75, 3.05) is 5.75 Å². The van der Waals surface area contributed by atoms with Crippen molar-refractivity contribution in [1.82, 2.24) is 0 Å². The van der Waals surface area contributed by atoms with E-state index in [1.165, 1.54) is 11.3 Å². The zero-order valence-electron chi connectivity index (χ0n) is 7.26. The molecule has 1 aromatic heterocycles. The molecule has 2 heterocycles. The molecule has 1 unspecified atom stereocenters. The SMILES string of the molecule is O=C(c1cc(Cl)sc1Cl)C1CCCS1. The molecule has 0 saturated carbocycles. The monoisotopic (exact) mass is 266 g/mol. The Kier molecular flexibility index (Phi) is 3.42. The fourth-order valence-electron chi connectivity index (χ4n) is 1.47. The molecule has 0 N–H and O–H groups in total. The standard InChI is InChI=1S/C9H8Cl2OS2/c10-7-4-5(9(11)14-7)8(12)6-2-1-3-13-6/h4,6H,1-3H2. The van der Waals surface area contributed by atoms with Crippen molar-refractivity contribution in [3.8, 4) is 0 Å². The lowest BCUT2D eigenvalue weighted by Crippen LogP contribution is -2.13. The van der Waals surface area contributed by atoms with Gasteiger partial charge in [0.2, 0.25) is 0 Å². The third-order valence-electron chi connectivity index (χ3n) is 2.14. The van der Waals surface area contributed by atoms with E-state index in [0.29, 0.717) is 14.2 Å². The topological polar surface area (TPSA) is 17.1 Å². The summed E-state index contributed by atoms with van der Waals surface area (Å²) in [7, 11) is 0. The van der Waals surface area contributed by atoms with Crippen molar-refractivity contribution in [2.24, 2.45) is 0 Å². The third-order valence-corrected chi connectivity index (χ3v) is 5.01. The Balaban J connectivity index is 2.21. The maximum absolute atomic E-state index is 11.9. The zero-order valence-corrected chi connectivity index (χ0v) is 10.4. The fourth-order valence-corrected chi connectivity index (χ4v) is 4.17. The predicted molar refractivity (Wildman–Crippen MR) is 64.1 cm³/mol. The first-order valence-electron chi connectivity index (χ1n) is 4.29. The molecular formula is C9H8Cl2OS2. The van der Waals surface area contributed by atoms with Gasteiger partial charge in [-0.2, -0.15) is 11.8 Å². The summed E-state index contributed by atoms with van der Waals surface area (Å²) in [5.74, 6) is 1.21. The zero-order chi connectivity index (χ0) is 10.1. The molecule has 1 aromatic rings. The average molecular weight is 267 g/mol. The van der Waals surface area contributed by atoms with Gasteiger partial charge in [-0.15, -0.1) is 11.3 Å². The Morgan fingerprint density at radius 2 is 2.29 bits per heavy atom. The average Bonchev–Trinajstić information content (AvgIpc) is 2.73. The van der Waals surface area contributed by atoms with Gasteiger partial charge >= 0.3 is 0 Å². The van der Waals surface area contributed by atoms with E-state index in [1.54, 1.807) is 17.8 Å². The van der Waals surface area contributed by atoms with Crippen LogP contribution in [-0.4, -0.2) is 16.8 Å². The van der Waals surface area contributed by atoms with Crippen LogP contribution in [0.5, 0.6) is 0 Å². The molecule has 1 nitrogen and oxygen atoms in total. The molecule has 1 fully saturated rings. The lowest BCUT2D eigenvalue weighted by Gasteiger charge is -2.05. The number of rotatable bonds is 2. The second-order valence-corrected chi connectivity index (χ2v) is 6.70. The van der Waals surface area contributed by atoms with Crippen molar-refractivity contribution < 1.29 is 4.79 Å². The second kappa shape index (κ2) is 4.44. The number of thiophene rings is 1. The molecule has 0 aliphatic carbocycles. The maximum atomic E-state index is 11.9. The van der Waals surface area contributed by atoms with Gasteiger partial charge in [0.05, 0.1) is 9.59 Å². The summed E-state index contributed by atoms with van der Waals surface area (Å²) in [4.78, 5) is 11.9. The molecular weight excluding hydrogens is 259 g/mol. The van der Waals surface area contributed by atoms with Crippen LogP contribution in [0.4, 0.5) is 0 Å². The van der Waals surface area contributed by atoms with Crippen LogP contribution in [-0.2, 0) is 0 Å². The van der Waals surface area contributed by atoms with E-state index in [4.69, 9.17) is 23.2 Å². The molecule has 1 saturated heterocycles. The van der Waals surface area contributed by atoms with Gasteiger partial charge in [-0.3, -0.25) is 4.79 Å². The number of thioether (sulfide) groups is 1. The first-order valence-corrected chi connectivity index (χ1v) is 6.91. The summed E-state index contributed by atoms with van der Waals surface area (Å²) >= 11 is 14.7. The van der Waals surface area contributed by atoms with Crippen molar-refractivity contribution in [3.63, 3.8) is 0 Å². The summed E-state index contributed by atoms with van der Waals surface area (Å²) in [6, 6.07) is 1.68. The first-order chi connectivity index (χ1) is 6.68. The highest BCUT2D eigenvalue weighted by atomic mass is 35.5. The highest BCUT2D eigenvalue weighted by Gasteiger charge is 2.27. The van der Waals surface area contributed by atoms with Crippen LogP contribution >= 0.6 is 46.3 Å². The maximum Gasteiger partial charge on any atom is 0.178 e. The minimum atomic E-state index is 0.0955. The molecule has 5 heteroatoms. The van der Waals surface area contributed by atoms with Crippen LogP contribution in [0.3, 0.4) is 0 Å². The summed E-state index contributed by atoms with van der Waals surface area (Å²) in [6.07, 6.45) is 2.09. The summed E-state index contributed by atoms with van der Waals surface area (Å²) < 4.78 is 1.11. The van der Waals surface area contributed by atoms with Crippen LogP contribution in [0.1, 0.15) is 23.2 Å². The number of halogens is 2. The Hall–Kier alpha value is 0.300. The van der Waals surface area contributed by atoms with Crippen LogP contribution in [0.15, 0.2) is 6.07 Å². The number of hydrogen-bond donors (Lipinski definition) is 0. The number of carbonyl (C=O) groups excluding carboxylic acids is 1. The van der Waals surface area contributed by atoms with Gasteiger partial charge in [-0.1, -0.05) is 23.2 Å². The normalized spacial score (nSPS) is 21.4. The van der Waals surface area contributed by atoms with E-state index in [2.05, 4.69) is 0 Å². The van der Waals surface area contributed by atoms with Gasteiger partial charge in [0.25, 0.3) is 0 Å². The molecule has 0 aromatic carbocycles. The third kappa shape index (κ3) is 2.11. The molecule has 0 radical (unpaired) electrons.